The van der Waals surface area contributed by atoms with Gasteiger partial charge in [0.05, 0.1) is 40.3 Å². The molecule has 226 valence electrons. The molecule has 2 fully saturated rings. The monoisotopic (exact) mass is 624 g/mol. The highest BCUT2D eigenvalue weighted by Crippen LogP contribution is 2.51. The van der Waals surface area contributed by atoms with Gasteiger partial charge >= 0.3 is 0 Å². The summed E-state index contributed by atoms with van der Waals surface area (Å²) in [6.07, 6.45) is 3.87. The van der Waals surface area contributed by atoms with Crippen LogP contribution in [0.5, 0.6) is 5.75 Å². The Bertz CT molecular complexity index is 1630. The van der Waals surface area contributed by atoms with Gasteiger partial charge in [-0.25, -0.2) is 4.99 Å². The van der Waals surface area contributed by atoms with Gasteiger partial charge in [0.15, 0.2) is 5.17 Å². The zero-order chi connectivity index (χ0) is 30.5. The van der Waals surface area contributed by atoms with E-state index in [1.807, 2.05) is 56.4 Å². The van der Waals surface area contributed by atoms with E-state index >= 15 is 0 Å². The number of ether oxygens (including phenoxy) is 1. The van der Waals surface area contributed by atoms with Crippen molar-refractivity contribution in [3.63, 3.8) is 0 Å². The van der Waals surface area contributed by atoms with Crippen molar-refractivity contribution in [3.05, 3.63) is 87.8 Å². The van der Waals surface area contributed by atoms with Crippen LogP contribution in [-0.2, 0) is 11.3 Å². The van der Waals surface area contributed by atoms with Crippen LogP contribution in [0.4, 0.5) is 17.1 Å². The van der Waals surface area contributed by atoms with E-state index in [4.69, 9.17) is 9.73 Å². The number of carbonyl (C=O) groups excluding carboxylic acids is 1. The molecule has 0 unspecified atom stereocenters. The molecule has 8 nitrogen and oxygen atoms in total. The first kappa shape index (κ1) is 30.1. The molecule has 3 heterocycles. The Morgan fingerprint density at radius 2 is 1.84 bits per heavy atom. The molecule has 0 aromatic heterocycles. The Morgan fingerprint density at radius 3 is 2.61 bits per heavy atom. The average Bonchev–Trinajstić information content (AvgIpc) is 3.54. The second kappa shape index (κ2) is 13.8. The maximum Gasteiger partial charge on any atom is 0.269 e. The van der Waals surface area contributed by atoms with Gasteiger partial charge < -0.3 is 15.0 Å². The van der Waals surface area contributed by atoms with E-state index in [0.29, 0.717) is 41.0 Å². The zero-order valence-electron chi connectivity index (χ0n) is 25.1. The number of anilines is 2. The van der Waals surface area contributed by atoms with Gasteiger partial charge in [-0.3, -0.25) is 14.6 Å². The van der Waals surface area contributed by atoms with Crippen molar-refractivity contribution >= 4 is 51.7 Å². The number of rotatable bonds is 9. The van der Waals surface area contributed by atoms with Crippen LogP contribution in [0, 0.1) is 11.3 Å². The molecule has 0 spiro atoms. The molecule has 1 N–H and O–H groups in total. The molecule has 0 atom stereocenters. The Labute approximate surface area is 267 Å². The lowest BCUT2D eigenvalue weighted by atomic mass is 10.1. The van der Waals surface area contributed by atoms with E-state index in [-0.39, 0.29) is 5.91 Å². The van der Waals surface area contributed by atoms with Gasteiger partial charge in [-0.2, -0.15) is 5.26 Å². The number of amides is 1. The van der Waals surface area contributed by atoms with E-state index in [1.165, 1.54) is 31.0 Å². The van der Waals surface area contributed by atoms with Crippen molar-refractivity contribution in [3.8, 4) is 11.8 Å². The number of piperidine rings is 1. The van der Waals surface area contributed by atoms with Crippen LogP contribution >= 0.6 is 23.5 Å². The number of aliphatic imine (C=N–C) groups is 1. The summed E-state index contributed by atoms with van der Waals surface area (Å²) in [6, 6.07) is 23.7. The van der Waals surface area contributed by atoms with E-state index in [9.17, 15) is 10.1 Å². The van der Waals surface area contributed by atoms with Crippen molar-refractivity contribution < 1.29 is 9.53 Å². The topological polar surface area (TPSA) is 84.2 Å². The van der Waals surface area contributed by atoms with Crippen LogP contribution in [0.25, 0.3) is 0 Å². The summed E-state index contributed by atoms with van der Waals surface area (Å²) in [7, 11) is 2.00. The minimum Gasteiger partial charge on any atom is -0.492 e. The second-order valence-electron chi connectivity index (χ2n) is 10.9. The van der Waals surface area contributed by atoms with Gasteiger partial charge in [0.1, 0.15) is 17.3 Å². The summed E-state index contributed by atoms with van der Waals surface area (Å²) >= 11 is 2.98. The Hall–Kier alpha value is -3.91. The van der Waals surface area contributed by atoms with Crippen molar-refractivity contribution in [1.82, 2.24) is 9.80 Å². The molecule has 3 aliphatic rings. The van der Waals surface area contributed by atoms with E-state index < -0.39 is 0 Å². The number of hydrogen-bond donors (Lipinski definition) is 1. The Morgan fingerprint density at radius 1 is 1.02 bits per heavy atom. The first-order chi connectivity index (χ1) is 21.5. The number of hydrogen-bond acceptors (Lipinski definition) is 9. The third-order valence-electron chi connectivity index (χ3n) is 7.88. The fourth-order valence-corrected chi connectivity index (χ4v) is 7.87. The molecule has 3 aromatic carbocycles. The highest BCUT2D eigenvalue weighted by Gasteiger charge is 2.39. The number of likely N-dealkylation sites (tertiary alicyclic amines) is 1. The van der Waals surface area contributed by atoms with Crippen LogP contribution in [-0.4, -0.2) is 60.7 Å². The smallest absolute Gasteiger partial charge is 0.269 e. The van der Waals surface area contributed by atoms with Crippen molar-refractivity contribution in [2.45, 2.75) is 37.6 Å². The van der Waals surface area contributed by atoms with Crippen LogP contribution in [0.3, 0.4) is 0 Å². The second-order valence-corrected chi connectivity index (χ2v) is 12.9. The lowest BCUT2D eigenvalue weighted by molar-refractivity contribution is -0.122. The lowest BCUT2D eigenvalue weighted by Gasteiger charge is -2.26. The number of amidine groups is 1. The maximum atomic E-state index is 14.1. The predicted molar refractivity (Wildman–Crippen MR) is 181 cm³/mol. The van der Waals surface area contributed by atoms with E-state index in [1.54, 1.807) is 28.8 Å². The summed E-state index contributed by atoms with van der Waals surface area (Å²) < 4.78 is 6.16. The third kappa shape index (κ3) is 6.60. The number of thioether (sulfide) groups is 2. The average molecular weight is 625 g/mol. The fourth-order valence-electron chi connectivity index (χ4n) is 5.55. The molecule has 3 aromatic rings. The highest BCUT2D eigenvalue weighted by atomic mass is 32.2. The van der Waals surface area contributed by atoms with Gasteiger partial charge in [0, 0.05) is 31.1 Å². The molecule has 1 amide bonds. The maximum absolute atomic E-state index is 14.1. The molecular weight excluding hydrogens is 589 g/mol. The molecular formula is C34H36N6O2S2. The van der Waals surface area contributed by atoms with E-state index in [2.05, 4.69) is 33.3 Å². The zero-order valence-corrected chi connectivity index (χ0v) is 26.7. The number of nitriles is 1. The molecule has 2 saturated heterocycles. The van der Waals surface area contributed by atoms with Crippen LogP contribution < -0.4 is 15.0 Å². The summed E-state index contributed by atoms with van der Waals surface area (Å²) in [6.45, 7) is 7.03. The summed E-state index contributed by atoms with van der Waals surface area (Å²) in [5.41, 5.74) is 4.01. The first-order valence-corrected chi connectivity index (χ1v) is 16.7. The molecule has 3 aliphatic heterocycles. The molecule has 6 rings (SSSR count). The largest absolute Gasteiger partial charge is 0.492 e. The molecule has 0 saturated carbocycles. The Balaban J connectivity index is 1.28. The summed E-state index contributed by atoms with van der Waals surface area (Å²) in [4.78, 5) is 27.1. The Kier molecular flexibility index (Phi) is 9.45. The minimum atomic E-state index is -0.0841. The normalized spacial score (nSPS) is 19.4. The van der Waals surface area contributed by atoms with Gasteiger partial charge in [-0.05, 0) is 80.5 Å². The van der Waals surface area contributed by atoms with Gasteiger partial charge in [-0.1, -0.05) is 48.5 Å². The van der Waals surface area contributed by atoms with Crippen LogP contribution in [0.1, 0.15) is 37.3 Å². The van der Waals surface area contributed by atoms with Gasteiger partial charge in [-0.15, -0.1) is 0 Å². The standard InChI is InChI=1S/C34H36N6O2S2/c1-3-36-27-14-12-25(22-35)20-28(27)37-34-40(23-24-10-6-4-7-11-24)32(41)31(44-34)33-38(2)29-21-26(13-15-30(29)43-33)42-19-18-39-16-8-5-9-17-39/h4,6-7,10-15,20-21,36H,3,5,8-9,16-19,23H2,1-2H3. The number of fused-ring (bicyclic) bond motifs is 1. The number of carbonyl (C=O) groups is 1. The molecule has 0 bridgehead atoms. The summed E-state index contributed by atoms with van der Waals surface area (Å²) in [5, 5.41) is 14.3. The highest BCUT2D eigenvalue weighted by molar-refractivity contribution is 8.19. The summed E-state index contributed by atoms with van der Waals surface area (Å²) in [5.74, 6) is 0.755. The van der Waals surface area contributed by atoms with Crippen molar-refractivity contribution in [2.75, 3.05) is 50.1 Å². The van der Waals surface area contributed by atoms with Gasteiger partial charge in [0.2, 0.25) is 0 Å². The number of nitrogens with zero attached hydrogens (tertiary/aromatic N) is 5. The molecule has 10 heteroatoms. The fraction of sp³-hybridized carbons (Fsp3) is 0.324. The predicted octanol–water partition coefficient (Wildman–Crippen LogP) is 7.03. The molecule has 44 heavy (non-hydrogen) atoms. The van der Waals surface area contributed by atoms with Crippen molar-refractivity contribution in [1.29, 1.82) is 5.26 Å². The first-order valence-electron chi connectivity index (χ1n) is 15.1. The van der Waals surface area contributed by atoms with Crippen LogP contribution in [0.2, 0.25) is 0 Å². The number of nitrogens with one attached hydrogen (secondary N) is 1. The third-order valence-corrected chi connectivity index (χ3v) is 10.3. The van der Waals surface area contributed by atoms with Crippen molar-refractivity contribution in [2.24, 2.45) is 4.99 Å². The quantitative estimate of drug-likeness (QED) is 0.254. The lowest BCUT2D eigenvalue weighted by Crippen LogP contribution is -2.33. The number of benzene rings is 3. The van der Waals surface area contributed by atoms with Gasteiger partial charge in [0.25, 0.3) is 5.91 Å². The SMILES string of the molecule is CCNc1ccc(C#N)cc1N=C1SC(=C2Sc3ccc(OCCN4CCCCC4)cc3N2C)C(=O)N1Cc1ccccc1. The van der Waals surface area contributed by atoms with E-state index in [0.717, 1.165) is 52.2 Å². The minimum absolute atomic E-state index is 0.0841. The van der Waals surface area contributed by atoms with Crippen LogP contribution in [0.15, 0.2) is 86.6 Å². The molecule has 0 aliphatic carbocycles. The molecule has 0 radical (unpaired) electrons.